The molecule has 0 saturated heterocycles. The predicted octanol–water partition coefficient (Wildman–Crippen LogP) is 4.42. The fraction of sp³-hybridized carbons (Fsp3) is 0.235. The van der Waals surface area contributed by atoms with E-state index in [-0.39, 0.29) is 5.91 Å². The molecule has 0 aliphatic rings. The minimum atomic E-state index is -0.614. The van der Waals surface area contributed by atoms with Crippen LogP contribution in [0.1, 0.15) is 12.5 Å². The third kappa shape index (κ3) is 4.39. The zero-order valence-corrected chi connectivity index (χ0v) is 13.9. The Morgan fingerprint density at radius 1 is 1.14 bits per heavy atom. The van der Waals surface area contributed by atoms with Gasteiger partial charge in [-0.2, -0.15) is 0 Å². The number of amides is 1. The molecule has 2 aromatic carbocycles. The van der Waals surface area contributed by atoms with Crippen LogP contribution in [0.3, 0.4) is 0 Å². The molecule has 5 heteroatoms. The third-order valence-corrected chi connectivity index (χ3v) is 3.76. The van der Waals surface area contributed by atoms with Gasteiger partial charge in [-0.15, -0.1) is 0 Å². The molecule has 0 aliphatic heterocycles. The van der Waals surface area contributed by atoms with Gasteiger partial charge < -0.3 is 9.64 Å². The number of carbonyl (C=O) groups is 1. The molecule has 0 bridgehead atoms. The van der Waals surface area contributed by atoms with Crippen molar-refractivity contribution in [2.24, 2.45) is 0 Å². The summed E-state index contributed by atoms with van der Waals surface area (Å²) in [5.74, 6) is 0.389. The number of hydrogen-bond donors (Lipinski definition) is 0. The second-order valence-corrected chi connectivity index (χ2v) is 5.85. The fourth-order valence-electron chi connectivity index (χ4n) is 2.03. The van der Waals surface area contributed by atoms with E-state index in [1.807, 2.05) is 24.3 Å². The van der Waals surface area contributed by atoms with Gasteiger partial charge in [-0.3, -0.25) is 4.79 Å². The summed E-state index contributed by atoms with van der Waals surface area (Å²) in [5, 5.41) is 1.16. The van der Waals surface area contributed by atoms with Crippen molar-refractivity contribution in [1.82, 2.24) is 4.90 Å². The van der Waals surface area contributed by atoms with Crippen molar-refractivity contribution in [1.29, 1.82) is 0 Å². The maximum atomic E-state index is 12.4. The van der Waals surface area contributed by atoms with Gasteiger partial charge in [0.15, 0.2) is 6.10 Å². The SMILES string of the molecule is C[C@H](Oc1ccccc1Cl)C(=O)N(C)Cc1ccc(Cl)cc1. The van der Waals surface area contributed by atoms with Crippen molar-refractivity contribution in [3.8, 4) is 5.75 Å². The first-order valence-corrected chi connectivity index (χ1v) is 7.63. The second-order valence-electron chi connectivity index (χ2n) is 5.01. The molecule has 2 rings (SSSR count). The fourth-order valence-corrected chi connectivity index (χ4v) is 2.34. The third-order valence-electron chi connectivity index (χ3n) is 3.20. The van der Waals surface area contributed by atoms with Gasteiger partial charge in [0.1, 0.15) is 5.75 Å². The van der Waals surface area contributed by atoms with Crippen LogP contribution in [0.5, 0.6) is 5.75 Å². The van der Waals surface area contributed by atoms with Gasteiger partial charge in [-0.05, 0) is 36.8 Å². The Balaban J connectivity index is 1.97. The van der Waals surface area contributed by atoms with Gasteiger partial charge in [0.05, 0.1) is 5.02 Å². The van der Waals surface area contributed by atoms with Crippen molar-refractivity contribution < 1.29 is 9.53 Å². The molecule has 116 valence electrons. The highest BCUT2D eigenvalue weighted by Gasteiger charge is 2.20. The maximum Gasteiger partial charge on any atom is 0.263 e. The number of carbonyl (C=O) groups excluding carboxylic acids is 1. The van der Waals surface area contributed by atoms with Crippen LogP contribution in [0.2, 0.25) is 10.0 Å². The topological polar surface area (TPSA) is 29.5 Å². The molecule has 0 fully saturated rings. The first kappa shape index (κ1) is 16.7. The summed E-state index contributed by atoms with van der Waals surface area (Å²) in [4.78, 5) is 14.0. The van der Waals surface area contributed by atoms with Crippen LogP contribution in [-0.2, 0) is 11.3 Å². The largest absolute Gasteiger partial charge is 0.479 e. The summed E-state index contributed by atoms with van der Waals surface area (Å²) in [6, 6.07) is 14.5. The van der Waals surface area contributed by atoms with Crippen molar-refractivity contribution in [3.05, 3.63) is 64.1 Å². The second kappa shape index (κ2) is 7.52. The van der Waals surface area contributed by atoms with Gasteiger partial charge in [-0.1, -0.05) is 47.5 Å². The molecule has 0 aromatic heterocycles. The summed E-state index contributed by atoms with van der Waals surface area (Å²) in [6.07, 6.45) is -0.614. The van der Waals surface area contributed by atoms with Crippen molar-refractivity contribution in [3.63, 3.8) is 0 Å². The summed E-state index contributed by atoms with van der Waals surface area (Å²) >= 11 is 11.9. The monoisotopic (exact) mass is 337 g/mol. The summed E-state index contributed by atoms with van der Waals surface area (Å²) < 4.78 is 5.64. The zero-order valence-electron chi connectivity index (χ0n) is 12.4. The Kier molecular flexibility index (Phi) is 5.69. The normalized spacial score (nSPS) is 11.8. The maximum absolute atomic E-state index is 12.4. The quantitative estimate of drug-likeness (QED) is 0.808. The first-order valence-electron chi connectivity index (χ1n) is 6.88. The molecule has 22 heavy (non-hydrogen) atoms. The number of hydrogen-bond acceptors (Lipinski definition) is 2. The lowest BCUT2D eigenvalue weighted by Crippen LogP contribution is -2.37. The minimum absolute atomic E-state index is 0.116. The van der Waals surface area contributed by atoms with Crippen LogP contribution in [0.15, 0.2) is 48.5 Å². The lowest BCUT2D eigenvalue weighted by Gasteiger charge is -2.22. The Hall–Kier alpha value is -1.71. The lowest BCUT2D eigenvalue weighted by atomic mass is 10.2. The van der Waals surface area contributed by atoms with Crippen LogP contribution >= 0.6 is 23.2 Å². The molecule has 0 radical (unpaired) electrons. The molecule has 0 N–H and O–H groups in total. The van der Waals surface area contributed by atoms with Gasteiger partial charge >= 0.3 is 0 Å². The first-order chi connectivity index (χ1) is 10.5. The number of ether oxygens (including phenoxy) is 1. The Morgan fingerprint density at radius 3 is 2.41 bits per heavy atom. The summed E-state index contributed by atoms with van der Waals surface area (Å²) in [7, 11) is 1.74. The molecule has 0 spiro atoms. The highest BCUT2D eigenvalue weighted by atomic mass is 35.5. The highest BCUT2D eigenvalue weighted by molar-refractivity contribution is 6.32. The van der Waals surface area contributed by atoms with Gasteiger partial charge in [0, 0.05) is 18.6 Å². The molecule has 0 unspecified atom stereocenters. The smallest absolute Gasteiger partial charge is 0.263 e. The van der Waals surface area contributed by atoms with Crippen molar-refractivity contribution in [2.75, 3.05) is 7.05 Å². The number of nitrogens with zero attached hydrogens (tertiary/aromatic N) is 1. The average Bonchev–Trinajstić information content (AvgIpc) is 2.51. The van der Waals surface area contributed by atoms with E-state index in [0.29, 0.717) is 22.3 Å². The van der Waals surface area contributed by atoms with Crippen LogP contribution in [0.25, 0.3) is 0 Å². The highest BCUT2D eigenvalue weighted by Crippen LogP contribution is 2.24. The lowest BCUT2D eigenvalue weighted by molar-refractivity contribution is -0.137. The number of benzene rings is 2. The van der Waals surface area contributed by atoms with E-state index in [2.05, 4.69) is 0 Å². The van der Waals surface area contributed by atoms with E-state index in [1.54, 1.807) is 43.1 Å². The Bertz CT molecular complexity index is 643. The standard InChI is InChI=1S/C17H17Cl2NO2/c1-12(22-16-6-4-3-5-15(16)19)17(21)20(2)11-13-7-9-14(18)10-8-13/h3-10,12H,11H2,1-2H3/t12-/m0/s1. The van der Waals surface area contributed by atoms with Crippen LogP contribution in [0, 0.1) is 0 Å². The van der Waals surface area contributed by atoms with Crippen molar-refractivity contribution >= 4 is 29.1 Å². The summed E-state index contributed by atoms with van der Waals surface area (Å²) in [5.41, 5.74) is 1.00. The molecule has 1 amide bonds. The van der Waals surface area contributed by atoms with E-state index in [1.165, 1.54) is 0 Å². The van der Waals surface area contributed by atoms with Crippen LogP contribution < -0.4 is 4.74 Å². The molecule has 2 aromatic rings. The van der Waals surface area contributed by atoms with Gasteiger partial charge in [0.2, 0.25) is 0 Å². The van der Waals surface area contributed by atoms with Crippen molar-refractivity contribution in [2.45, 2.75) is 19.6 Å². The van der Waals surface area contributed by atoms with Gasteiger partial charge in [0.25, 0.3) is 5.91 Å². The Labute approximate surface area is 140 Å². The van der Waals surface area contributed by atoms with E-state index >= 15 is 0 Å². The number of halogens is 2. The van der Waals surface area contributed by atoms with E-state index in [0.717, 1.165) is 5.56 Å². The molecule has 0 saturated carbocycles. The molecular weight excluding hydrogens is 321 g/mol. The molecule has 0 heterocycles. The zero-order chi connectivity index (χ0) is 16.1. The Morgan fingerprint density at radius 2 is 1.77 bits per heavy atom. The van der Waals surface area contributed by atoms with E-state index in [4.69, 9.17) is 27.9 Å². The average molecular weight is 338 g/mol. The van der Waals surface area contributed by atoms with Crippen LogP contribution in [-0.4, -0.2) is 24.0 Å². The number of likely N-dealkylation sites (N-methyl/N-ethyl adjacent to an activating group) is 1. The summed E-state index contributed by atoms with van der Waals surface area (Å²) in [6.45, 7) is 2.20. The van der Waals surface area contributed by atoms with E-state index < -0.39 is 6.10 Å². The minimum Gasteiger partial charge on any atom is -0.479 e. The van der Waals surface area contributed by atoms with E-state index in [9.17, 15) is 4.79 Å². The van der Waals surface area contributed by atoms with Gasteiger partial charge in [-0.25, -0.2) is 0 Å². The molecule has 3 nitrogen and oxygen atoms in total. The molecule has 1 atom stereocenters. The molecule has 0 aliphatic carbocycles. The van der Waals surface area contributed by atoms with Crippen LogP contribution in [0.4, 0.5) is 0 Å². The number of rotatable bonds is 5. The molecular formula is C17H17Cl2NO2. The number of para-hydroxylation sites is 1. The predicted molar refractivity (Wildman–Crippen MR) is 89.5 cm³/mol.